The van der Waals surface area contributed by atoms with Gasteiger partial charge in [-0.3, -0.25) is 9.00 Å². The number of alkyl halides is 3. The van der Waals surface area contributed by atoms with Crippen LogP contribution in [-0.4, -0.2) is 28.6 Å². The van der Waals surface area contributed by atoms with Gasteiger partial charge in [-0.15, -0.1) is 0 Å². The Balaban J connectivity index is 2.41. The van der Waals surface area contributed by atoms with Crippen LogP contribution in [0, 0.1) is 0 Å². The lowest BCUT2D eigenvalue weighted by Crippen LogP contribution is -2.37. The first-order valence-corrected chi connectivity index (χ1v) is 7.47. The molecule has 0 aliphatic carbocycles. The molecular formula is C11H10Cl2F3NO2S. The van der Waals surface area contributed by atoms with E-state index in [4.69, 9.17) is 23.2 Å². The average Bonchev–Trinajstić information content (AvgIpc) is 2.36. The Morgan fingerprint density at radius 3 is 2.45 bits per heavy atom. The predicted octanol–water partition coefficient (Wildman–Crippen LogP) is 3.17. The summed E-state index contributed by atoms with van der Waals surface area (Å²) in [6.45, 7) is -0.203. The fourth-order valence-electron chi connectivity index (χ4n) is 1.24. The van der Waals surface area contributed by atoms with E-state index >= 15 is 0 Å². The lowest BCUT2D eigenvalue weighted by atomic mass is 10.4. The Kier molecular flexibility index (Phi) is 6.29. The van der Waals surface area contributed by atoms with E-state index < -0.39 is 22.9 Å². The van der Waals surface area contributed by atoms with Gasteiger partial charge in [-0.1, -0.05) is 23.2 Å². The van der Waals surface area contributed by atoms with E-state index in [9.17, 15) is 22.2 Å². The van der Waals surface area contributed by atoms with E-state index in [0.29, 0.717) is 9.92 Å². The van der Waals surface area contributed by atoms with Crippen LogP contribution in [0.15, 0.2) is 23.1 Å². The molecule has 0 aromatic heterocycles. The number of benzene rings is 1. The minimum absolute atomic E-state index is 0.107. The molecule has 0 aliphatic rings. The van der Waals surface area contributed by atoms with Crippen LogP contribution in [0.4, 0.5) is 13.2 Å². The highest BCUT2D eigenvalue weighted by atomic mass is 35.5. The Bertz CT molecular complexity index is 523. The Labute approximate surface area is 125 Å². The average molecular weight is 348 g/mol. The maximum absolute atomic E-state index is 11.9. The molecule has 1 rings (SSSR count). The van der Waals surface area contributed by atoms with Crippen LogP contribution in [0.5, 0.6) is 0 Å². The summed E-state index contributed by atoms with van der Waals surface area (Å²) in [4.78, 5) is 10.9. The molecule has 1 amide bonds. The molecule has 9 heteroatoms. The summed E-state index contributed by atoms with van der Waals surface area (Å²) in [6, 6.07) is 4.45. The normalized spacial score (nSPS) is 13.1. The molecule has 0 aliphatic heterocycles. The zero-order valence-electron chi connectivity index (χ0n) is 9.97. The second-order valence-electron chi connectivity index (χ2n) is 3.73. The van der Waals surface area contributed by atoms with Crippen molar-refractivity contribution in [2.24, 2.45) is 0 Å². The molecule has 1 atom stereocenters. The summed E-state index contributed by atoms with van der Waals surface area (Å²) in [5.74, 6) is -1.89. The molecule has 1 N–H and O–H groups in total. The molecule has 3 nitrogen and oxygen atoms in total. The summed E-state index contributed by atoms with van der Waals surface area (Å²) >= 11 is 11.5. The molecule has 0 fully saturated rings. The van der Waals surface area contributed by atoms with Crippen molar-refractivity contribution >= 4 is 39.9 Å². The number of halogens is 5. The van der Waals surface area contributed by atoms with Crippen molar-refractivity contribution in [3.8, 4) is 0 Å². The van der Waals surface area contributed by atoms with Crippen LogP contribution < -0.4 is 5.32 Å². The molecule has 0 radical (unpaired) electrons. The molecule has 20 heavy (non-hydrogen) atoms. The number of amides is 1. The molecular weight excluding hydrogens is 338 g/mol. The summed E-state index contributed by atoms with van der Waals surface area (Å²) in [5, 5.41) is 2.28. The lowest BCUT2D eigenvalue weighted by Gasteiger charge is -2.08. The predicted molar refractivity (Wildman–Crippen MR) is 71.4 cm³/mol. The van der Waals surface area contributed by atoms with Crippen molar-refractivity contribution < 1.29 is 22.2 Å². The minimum atomic E-state index is -4.90. The number of nitrogens with one attached hydrogen (secondary N) is 1. The first-order chi connectivity index (χ1) is 9.21. The summed E-state index contributed by atoms with van der Waals surface area (Å²) < 4.78 is 47.5. The van der Waals surface area contributed by atoms with Crippen LogP contribution in [-0.2, 0) is 15.6 Å². The fraction of sp³-hybridized carbons (Fsp3) is 0.364. The van der Waals surface area contributed by atoms with Crippen molar-refractivity contribution in [2.45, 2.75) is 17.5 Å². The van der Waals surface area contributed by atoms with Crippen molar-refractivity contribution in [3.05, 3.63) is 28.2 Å². The second-order valence-corrected chi connectivity index (χ2v) is 6.12. The van der Waals surface area contributed by atoms with Crippen molar-refractivity contribution in [3.63, 3.8) is 0 Å². The lowest BCUT2D eigenvalue weighted by molar-refractivity contribution is -0.173. The molecule has 1 aromatic rings. The maximum atomic E-state index is 11.9. The molecule has 0 saturated heterocycles. The fourth-order valence-corrected chi connectivity index (χ4v) is 2.72. The van der Waals surface area contributed by atoms with E-state index in [1.807, 2.05) is 0 Å². The topological polar surface area (TPSA) is 46.2 Å². The Hall–Kier alpha value is -0.790. The zero-order chi connectivity index (χ0) is 15.3. The maximum Gasteiger partial charge on any atom is 0.471 e. The van der Waals surface area contributed by atoms with E-state index in [-0.39, 0.29) is 23.7 Å². The van der Waals surface area contributed by atoms with Gasteiger partial charge in [0, 0.05) is 17.2 Å². The molecule has 1 aromatic carbocycles. The van der Waals surface area contributed by atoms with Crippen molar-refractivity contribution in [2.75, 3.05) is 12.3 Å². The van der Waals surface area contributed by atoms with E-state index in [1.165, 1.54) is 18.2 Å². The van der Waals surface area contributed by atoms with Gasteiger partial charge in [-0.05, 0) is 24.6 Å². The summed E-state index contributed by atoms with van der Waals surface area (Å²) in [7, 11) is -1.41. The van der Waals surface area contributed by atoms with Crippen LogP contribution in [0.2, 0.25) is 10.0 Å². The van der Waals surface area contributed by atoms with Gasteiger partial charge in [0.1, 0.15) is 0 Å². The van der Waals surface area contributed by atoms with Crippen LogP contribution in [0.25, 0.3) is 0 Å². The molecule has 1 unspecified atom stereocenters. The van der Waals surface area contributed by atoms with Gasteiger partial charge in [-0.25, -0.2) is 0 Å². The van der Waals surface area contributed by atoms with Gasteiger partial charge in [0.2, 0.25) is 0 Å². The van der Waals surface area contributed by atoms with Crippen LogP contribution in [0.1, 0.15) is 6.42 Å². The number of hydrogen-bond acceptors (Lipinski definition) is 2. The third-order valence-electron chi connectivity index (χ3n) is 2.20. The van der Waals surface area contributed by atoms with E-state index in [1.54, 1.807) is 5.32 Å². The monoisotopic (exact) mass is 347 g/mol. The van der Waals surface area contributed by atoms with E-state index in [0.717, 1.165) is 0 Å². The van der Waals surface area contributed by atoms with Gasteiger partial charge in [0.15, 0.2) is 0 Å². The third kappa shape index (κ3) is 5.30. The standard InChI is InChI=1S/C11H10Cl2F3NO2S/c12-8-3-2-7(6-9(8)13)20(19)5-1-4-17-10(18)11(14,15)16/h2-3,6H,1,4-5H2,(H,17,18). The number of carbonyl (C=O) groups is 1. The second kappa shape index (κ2) is 7.28. The van der Waals surface area contributed by atoms with Gasteiger partial charge < -0.3 is 5.32 Å². The van der Waals surface area contributed by atoms with Gasteiger partial charge >= 0.3 is 12.1 Å². The number of rotatable bonds is 5. The van der Waals surface area contributed by atoms with Gasteiger partial charge in [0.25, 0.3) is 0 Å². The first-order valence-electron chi connectivity index (χ1n) is 5.40. The quantitative estimate of drug-likeness (QED) is 0.831. The molecule has 0 bridgehead atoms. The van der Waals surface area contributed by atoms with Crippen molar-refractivity contribution in [1.82, 2.24) is 5.32 Å². The smallest absolute Gasteiger partial charge is 0.348 e. The Morgan fingerprint density at radius 1 is 1.25 bits per heavy atom. The largest absolute Gasteiger partial charge is 0.471 e. The minimum Gasteiger partial charge on any atom is -0.348 e. The molecule has 112 valence electrons. The molecule has 0 heterocycles. The zero-order valence-corrected chi connectivity index (χ0v) is 12.3. The first kappa shape index (κ1) is 17.3. The number of carbonyl (C=O) groups excluding carboxylic acids is 1. The van der Waals surface area contributed by atoms with Gasteiger partial charge in [-0.2, -0.15) is 13.2 Å². The summed E-state index contributed by atoms with van der Waals surface area (Å²) in [6.07, 6.45) is -4.75. The van der Waals surface area contributed by atoms with E-state index in [2.05, 4.69) is 0 Å². The number of hydrogen-bond donors (Lipinski definition) is 1. The Morgan fingerprint density at radius 2 is 1.90 bits per heavy atom. The highest BCUT2D eigenvalue weighted by Gasteiger charge is 2.38. The van der Waals surface area contributed by atoms with Crippen molar-refractivity contribution in [1.29, 1.82) is 0 Å². The van der Waals surface area contributed by atoms with Crippen LogP contribution >= 0.6 is 23.2 Å². The highest BCUT2D eigenvalue weighted by molar-refractivity contribution is 7.85. The molecule has 0 saturated carbocycles. The SMILES string of the molecule is O=C(NCCCS(=O)c1ccc(Cl)c(Cl)c1)C(F)(F)F. The summed E-state index contributed by atoms with van der Waals surface area (Å²) in [5.41, 5.74) is 0. The van der Waals surface area contributed by atoms with Gasteiger partial charge in [0.05, 0.1) is 20.8 Å². The highest BCUT2D eigenvalue weighted by Crippen LogP contribution is 2.24. The van der Waals surface area contributed by atoms with Crippen LogP contribution in [0.3, 0.4) is 0 Å². The third-order valence-corrected chi connectivity index (χ3v) is 4.38. The molecule has 0 spiro atoms.